The lowest BCUT2D eigenvalue weighted by Gasteiger charge is -2.34. The Balaban J connectivity index is 1.77. The van der Waals surface area contributed by atoms with Gasteiger partial charge in [-0.3, -0.25) is 9.69 Å². The summed E-state index contributed by atoms with van der Waals surface area (Å²) in [5.74, 6) is 1.55. The highest BCUT2D eigenvalue weighted by Crippen LogP contribution is 2.28. The number of halogens is 3. The summed E-state index contributed by atoms with van der Waals surface area (Å²) in [6, 6.07) is 7.01. The van der Waals surface area contributed by atoms with Crippen molar-refractivity contribution >= 4 is 46.4 Å². The average molecular weight is 394 g/mol. The minimum absolute atomic E-state index is 0.553. The molecule has 1 aliphatic heterocycles. The Labute approximate surface area is 158 Å². The molecule has 2 atom stereocenters. The number of carbonyl (C=O) groups excluding carboxylic acids is 1. The maximum absolute atomic E-state index is 11.6. The topological polar surface area (TPSA) is 41.6 Å². The van der Waals surface area contributed by atoms with E-state index in [2.05, 4.69) is 24.1 Å². The summed E-state index contributed by atoms with van der Waals surface area (Å²) in [6.45, 7) is 8.42. The third-order valence-corrected chi connectivity index (χ3v) is 4.51. The second kappa shape index (κ2) is 8.61. The number of ether oxygens (including phenoxy) is 1. The first kappa shape index (κ1) is 19.6. The Morgan fingerprint density at radius 1 is 1.21 bits per heavy atom. The van der Waals surface area contributed by atoms with Crippen molar-refractivity contribution in [1.29, 1.82) is 0 Å². The molecule has 24 heavy (non-hydrogen) atoms. The summed E-state index contributed by atoms with van der Waals surface area (Å²) in [7, 11) is 0. The standard InChI is InChI=1S/C17H23Cl3N2O2/c1-12-9-13(2)11-22(10-12)7-8-24-15-5-3-14(4-6-15)21-16(23)17(18,19)20/h3-6,12-13H,7-11H2,1-2H3,(H,21,23)/t12-,13-/m0/s1. The molecule has 7 heteroatoms. The SMILES string of the molecule is C[C@H]1C[C@H](C)CN(CCOc2ccc(NC(=O)C(Cl)(Cl)Cl)cc2)C1. The summed E-state index contributed by atoms with van der Waals surface area (Å²) in [5.41, 5.74) is 0.553. The number of likely N-dealkylation sites (tertiary alicyclic amines) is 1. The number of rotatable bonds is 5. The van der Waals surface area contributed by atoms with E-state index in [1.165, 1.54) is 6.42 Å². The molecule has 4 nitrogen and oxygen atoms in total. The van der Waals surface area contributed by atoms with Crippen LogP contribution in [0.2, 0.25) is 0 Å². The number of amides is 1. The fourth-order valence-corrected chi connectivity index (χ4v) is 3.25. The number of anilines is 1. The monoisotopic (exact) mass is 392 g/mol. The van der Waals surface area contributed by atoms with Crippen molar-refractivity contribution in [3.05, 3.63) is 24.3 Å². The van der Waals surface area contributed by atoms with Gasteiger partial charge in [-0.1, -0.05) is 48.7 Å². The van der Waals surface area contributed by atoms with Gasteiger partial charge in [0.2, 0.25) is 0 Å². The third kappa shape index (κ3) is 6.32. The fraction of sp³-hybridized carbons (Fsp3) is 0.588. The smallest absolute Gasteiger partial charge is 0.276 e. The van der Waals surface area contributed by atoms with Gasteiger partial charge in [-0.15, -0.1) is 0 Å². The molecule has 0 saturated carbocycles. The van der Waals surface area contributed by atoms with Crippen LogP contribution in [0.4, 0.5) is 5.69 Å². The van der Waals surface area contributed by atoms with E-state index in [1.807, 2.05) is 0 Å². The van der Waals surface area contributed by atoms with E-state index in [0.29, 0.717) is 12.3 Å². The molecule has 0 aromatic heterocycles. The molecule has 2 rings (SSSR count). The Bertz CT molecular complexity index is 536. The van der Waals surface area contributed by atoms with E-state index in [-0.39, 0.29) is 0 Å². The molecule has 0 radical (unpaired) electrons. The summed E-state index contributed by atoms with van der Waals surface area (Å²) in [4.78, 5) is 14.0. The normalized spacial score (nSPS) is 22.2. The highest BCUT2D eigenvalue weighted by Gasteiger charge is 2.30. The first-order chi connectivity index (χ1) is 11.2. The lowest BCUT2D eigenvalue weighted by atomic mass is 9.92. The molecule has 1 N–H and O–H groups in total. The fourth-order valence-electron chi connectivity index (χ4n) is 3.10. The van der Waals surface area contributed by atoms with Crippen LogP contribution < -0.4 is 10.1 Å². The Morgan fingerprint density at radius 3 is 2.33 bits per heavy atom. The Morgan fingerprint density at radius 2 is 1.79 bits per heavy atom. The zero-order valence-corrected chi connectivity index (χ0v) is 16.2. The van der Waals surface area contributed by atoms with Gasteiger partial charge in [-0.25, -0.2) is 0 Å². The van der Waals surface area contributed by atoms with E-state index >= 15 is 0 Å². The first-order valence-corrected chi connectivity index (χ1v) is 9.21. The minimum Gasteiger partial charge on any atom is -0.492 e. The highest BCUT2D eigenvalue weighted by atomic mass is 35.6. The molecular weight excluding hydrogens is 371 g/mol. The van der Waals surface area contributed by atoms with Crippen molar-refractivity contribution in [2.45, 2.75) is 24.1 Å². The number of hydrogen-bond donors (Lipinski definition) is 1. The van der Waals surface area contributed by atoms with E-state index in [1.54, 1.807) is 24.3 Å². The van der Waals surface area contributed by atoms with Crippen molar-refractivity contribution in [2.75, 3.05) is 31.6 Å². The van der Waals surface area contributed by atoms with Gasteiger partial charge in [0.25, 0.3) is 9.70 Å². The summed E-state index contributed by atoms with van der Waals surface area (Å²) >= 11 is 16.6. The molecule has 0 unspecified atom stereocenters. The van der Waals surface area contributed by atoms with E-state index in [9.17, 15) is 4.79 Å². The number of nitrogens with one attached hydrogen (secondary N) is 1. The number of carbonyl (C=O) groups is 1. The zero-order valence-electron chi connectivity index (χ0n) is 13.9. The number of hydrogen-bond acceptors (Lipinski definition) is 3. The van der Waals surface area contributed by atoms with Gasteiger partial charge in [-0.2, -0.15) is 0 Å². The van der Waals surface area contributed by atoms with Gasteiger partial charge < -0.3 is 10.1 Å². The van der Waals surface area contributed by atoms with Crippen LogP contribution in [0.3, 0.4) is 0 Å². The van der Waals surface area contributed by atoms with Crippen LogP contribution in [-0.2, 0) is 4.79 Å². The van der Waals surface area contributed by atoms with Crippen molar-refractivity contribution in [3.8, 4) is 5.75 Å². The van der Waals surface area contributed by atoms with Crippen molar-refractivity contribution < 1.29 is 9.53 Å². The molecule has 1 saturated heterocycles. The highest BCUT2D eigenvalue weighted by molar-refractivity contribution is 6.76. The maximum atomic E-state index is 11.6. The van der Waals surface area contributed by atoms with Gasteiger partial charge in [0.05, 0.1) is 0 Å². The summed E-state index contributed by atoms with van der Waals surface area (Å²) < 4.78 is 3.80. The van der Waals surface area contributed by atoms with E-state index < -0.39 is 9.70 Å². The number of alkyl halides is 3. The second-order valence-corrected chi connectivity index (χ2v) is 8.81. The second-order valence-electron chi connectivity index (χ2n) is 6.53. The molecule has 1 amide bonds. The van der Waals surface area contributed by atoms with Crippen LogP contribution in [0.5, 0.6) is 5.75 Å². The van der Waals surface area contributed by atoms with E-state index in [4.69, 9.17) is 39.5 Å². The van der Waals surface area contributed by atoms with Crippen LogP contribution in [0, 0.1) is 11.8 Å². The van der Waals surface area contributed by atoms with Crippen molar-refractivity contribution in [3.63, 3.8) is 0 Å². The lowest BCUT2D eigenvalue weighted by molar-refractivity contribution is -0.115. The number of piperidine rings is 1. The van der Waals surface area contributed by atoms with E-state index in [0.717, 1.165) is 37.2 Å². The average Bonchev–Trinajstić information content (AvgIpc) is 2.47. The predicted molar refractivity (Wildman–Crippen MR) is 100 cm³/mol. The van der Waals surface area contributed by atoms with Crippen LogP contribution in [0.25, 0.3) is 0 Å². The molecular formula is C17H23Cl3N2O2. The molecule has 134 valence electrons. The van der Waals surface area contributed by atoms with Gasteiger partial charge >= 0.3 is 0 Å². The van der Waals surface area contributed by atoms with Crippen molar-refractivity contribution in [2.24, 2.45) is 11.8 Å². The van der Waals surface area contributed by atoms with Crippen LogP contribution in [-0.4, -0.2) is 40.8 Å². The molecule has 1 aromatic carbocycles. The van der Waals surface area contributed by atoms with Gasteiger partial charge in [0, 0.05) is 25.3 Å². The van der Waals surface area contributed by atoms with Crippen LogP contribution >= 0.6 is 34.8 Å². The Kier molecular flexibility index (Phi) is 7.05. The molecule has 0 spiro atoms. The van der Waals surface area contributed by atoms with Gasteiger partial charge in [0.1, 0.15) is 12.4 Å². The third-order valence-electron chi connectivity index (χ3n) is 3.99. The maximum Gasteiger partial charge on any atom is 0.276 e. The molecule has 1 fully saturated rings. The molecule has 1 aromatic rings. The molecule has 1 heterocycles. The lowest BCUT2D eigenvalue weighted by Crippen LogP contribution is -2.40. The molecule has 0 aliphatic carbocycles. The zero-order chi connectivity index (χ0) is 17.7. The largest absolute Gasteiger partial charge is 0.492 e. The molecule has 0 bridgehead atoms. The first-order valence-electron chi connectivity index (χ1n) is 8.07. The number of benzene rings is 1. The van der Waals surface area contributed by atoms with Crippen LogP contribution in [0.1, 0.15) is 20.3 Å². The van der Waals surface area contributed by atoms with Gasteiger partial charge in [-0.05, 0) is 42.5 Å². The van der Waals surface area contributed by atoms with Crippen LogP contribution in [0.15, 0.2) is 24.3 Å². The summed E-state index contributed by atoms with van der Waals surface area (Å²) in [6.07, 6.45) is 1.30. The summed E-state index contributed by atoms with van der Waals surface area (Å²) in [5, 5.41) is 2.53. The molecule has 1 aliphatic rings. The Hall–Kier alpha value is -0.680. The predicted octanol–water partition coefficient (Wildman–Crippen LogP) is 4.35. The van der Waals surface area contributed by atoms with Gasteiger partial charge in [0.15, 0.2) is 0 Å². The number of nitrogens with zero attached hydrogens (tertiary/aromatic N) is 1. The minimum atomic E-state index is -1.97. The van der Waals surface area contributed by atoms with Crippen molar-refractivity contribution in [1.82, 2.24) is 4.90 Å². The quantitative estimate of drug-likeness (QED) is 0.756.